The zero-order chi connectivity index (χ0) is 39.0. The van der Waals surface area contributed by atoms with Crippen LogP contribution in [0.4, 0.5) is 27.2 Å². The van der Waals surface area contributed by atoms with Gasteiger partial charge in [0.25, 0.3) is 0 Å². The molecule has 4 aromatic carbocycles. The second-order valence-electron chi connectivity index (χ2n) is 12.5. The summed E-state index contributed by atoms with van der Waals surface area (Å²) < 4.78 is 63.1. The molecule has 56 heavy (non-hydrogen) atoms. The number of halogens is 4. The van der Waals surface area contributed by atoms with Crippen molar-refractivity contribution in [3.05, 3.63) is 202 Å². The third kappa shape index (κ3) is 9.19. The first kappa shape index (κ1) is 36.9. The molecule has 0 radical (unpaired) electrons. The number of carbonyl (C=O) groups excluding carboxylic acids is 2. The molecule has 0 unspecified atom stereocenters. The fourth-order valence-corrected chi connectivity index (χ4v) is 5.87. The van der Waals surface area contributed by atoms with Gasteiger partial charge in [0.1, 0.15) is 35.4 Å². The molecule has 12 heteroatoms. The molecule has 8 nitrogen and oxygen atoms in total. The third-order valence-electron chi connectivity index (χ3n) is 8.61. The highest BCUT2D eigenvalue weighted by Crippen LogP contribution is 2.37. The molecule has 2 aromatic heterocycles. The number of benzene rings is 4. The van der Waals surface area contributed by atoms with Crippen molar-refractivity contribution in [2.75, 3.05) is 0 Å². The number of aromatic nitrogens is 2. The van der Waals surface area contributed by atoms with Crippen LogP contribution in [-0.2, 0) is 9.47 Å². The summed E-state index contributed by atoms with van der Waals surface area (Å²) in [6.45, 7) is 0. The lowest BCUT2D eigenvalue weighted by atomic mass is 9.99. The first-order valence-corrected chi connectivity index (χ1v) is 17.1. The number of carbonyl (C=O) groups is 2. The number of rotatable bonds is 4. The first-order chi connectivity index (χ1) is 27.2. The molecular weight excluding hydrogens is 724 g/mol. The summed E-state index contributed by atoms with van der Waals surface area (Å²) in [6.07, 6.45) is 0.807. The zero-order valence-electron chi connectivity index (χ0n) is 29.1. The Hall–Kier alpha value is -7.44. The third-order valence-corrected chi connectivity index (χ3v) is 8.61. The summed E-state index contributed by atoms with van der Waals surface area (Å²) in [5, 5.41) is 5.47. The van der Waals surface area contributed by atoms with Gasteiger partial charge >= 0.3 is 12.2 Å². The lowest BCUT2D eigenvalue weighted by Gasteiger charge is -2.17. The van der Waals surface area contributed by atoms with Crippen LogP contribution in [0, 0.1) is 47.0 Å². The van der Waals surface area contributed by atoms with Crippen LogP contribution in [0.2, 0.25) is 0 Å². The van der Waals surface area contributed by atoms with Crippen LogP contribution >= 0.6 is 0 Å². The second-order valence-corrected chi connectivity index (χ2v) is 12.5. The van der Waals surface area contributed by atoms with Gasteiger partial charge in [-0.05, 0) is 108 Å². The summed E-state index contributed by atoms with van der Waals surface area (Å²) in [5.41, 5.74) is 5.21. The van der Waals surface area contributed by atoms with Gasteiger partial charge in [-0.25, -0.2) is 27.2 Å². The predicted octanol–water partition coefficient (Wildman–Crippen LogP) is 8.56. The molecule has 0 saturated carbocycles. The number of pyridine rings is 2. The van der Waals surface area contributed by atoms with E-state index in [1.807, 2.05) is 0 Å². The van der Waals surface area contributed by atoms with Gasteiger partial charge in [-0.1, -0.05) is 47.9 Å². The van der Waals surface area contributed by atoms with E-state index in [1.165, 1.54) is 48.5 Å². The highest BCUT2D eigenvalue weighted by molar-refractivity contribution is 5.71. The number of nitrogens with zero attached hydrogens (tertiary/aromatic N) is 2. The van der Waals surface area contributed by atoms with E-state index in [4.69, 9.17) is 9.47 Å². The number of ether oxygens (including phenoxy) is 2. The number of cyclic esters (lactones) is 2. The van der Waals surface area contributed by atoms with Gasteiger partial charge in [0.05, 0.1) is 11.4 Å². The van der Waals surface area contributed by atoms with Crippen molar-refractivity contribution < 1.29 is 36.6 Å². The Morgan fingerprint density at radius 2 is 0.768 bits per heavy atom. The number of amides is 2. The van der Waals surface area contributed by atoms with Gasteiger partial charge in [-0.15, -0.1) is 0 Å². The molecule has 2 aliphatic heterocycles. The van der Waals surface area contributed by atoms with Crippen LogP contribution in [-0.4, -0.2) is 22.2 Å². The molecule has 2 amide bonds. The van der Waals surface area contributed by atoms with Crippen molar-refractivity contribution in [1.29, 1.82) is 0 Å². The van der Waals surface area contributed by atoms with Crippen molar-refractivity contribution in [2.24, 2.45) is 0 Å². The first-order valence-electron chi connectivity index (χ1n) is 17.1. The van der Waals surface area contributed by atoms with E-state index in [9.17, 15) is 27.2 Å². The van der Waals surface area contributed by atoms with Gasteiger partial charge in [0, 0.05) is 34.6 Å². The van der Waals surface area contributed by atoms with E-state index in [1.54, 1.807) is 85.2 Å². The quantitative estimate of drug-likeness (QED) is 0.138. The van der Waals surface area contributed by atoms with Crippen molar-refractivity contribution in [1.82, 2.24) is 20.6 Å². The van der Waals surface area contributed by atoms with Gasteiger partial charge in [-0.2, -0.15) is 0 Å². The van der Waals surface area contributed by atoms with E-state index in [-0.39, 0.29) is 23.3 Å². The summed E-state index contributed by atoms with van der Waals surface area (Å²) >= 11 is 0. The molecule has 2 fully saturated rings. The maximum atomic E-state index is 13.2. The lowest BCUT2D eigenvalue weighted by Crippen LogP contribution is -2.20. The monoisotopic (exact) mass is 752 g/mol. The molecule has 4 atom stereocenters. The molecule has 2 N–H and O–H groups in total. The molecule has 0 spiro atoms. The maximum absolute atomic E-state index is 13.2. The second kappa shape index (κ2) is 16.7. The summed E-state index contributed by atoms with van der Waals surface area (Å²) in [5.74, 6) is 10.6. The Morgan fingerprint density at radius 1 is 0.446 bits per heavy atom. The predicted molar refractivity (Wildman–Crippen MR) is 196 cm³/mol. The van der Waals surface area contributed by atoms with Gasteiger partial charge < -0.3 is 20.1 Å². The topological polar surface area (TPSA) is 102 Å². The van der Waals surface area contributed by atoms with Crippen molar-refractivity contribution in [3.8, 4) is 23.7 Å². The summed E-state index contributed by atoms with van der Waals surface area (Å²) in [7, 11) is 0. The number of hydrogen-bond donors (Lipinski definition) is 2. The number of nitrogens with one attached hydrogen (secondary N) is 2. The standard InChI is InChI=1S/2C22H14F2N2O2/c2*23-17-7-3-14(4-8-17)1-2-15-11-12-25-19(13-15)20-21(28-22(27)26-20)16-5-9-18(24)10-6-16/h2*3-13,20-21H,(H,26,27)/t2*20-,21-/m10/s1. The van der Waals surface area contributed by atoms with Crippen molar-refractivity contribution in [2.45, 2.75) is 24.3 Å². The van der Waals surface area contributed by atoms with Crippen molar-refractivity contribution in [3.63, 3.8) is 0 Å². The van der Waals surface area contributed by atoms with E-state index in [0.29, 0.717) is 44.8 Å². The minimum atomic E-state index is -0.624. The maximum Gasteiger partial charge on any atom is 0.408 e. The highest BCUT2D eigenvalue weighted by atomic mass is 19.1. The Bertz CT molecular complexity index is 2320. The van der Waals surface area contributed by atoms with Crippen LogP contribution in [0.25, 0.3) is 0 Å². The highest BCUT2D eigenvalue weighted by Gasteiger charge is 2.38. The number of hydrogen-bond acceptors (Lipinski definition) is 6. The van der Waals surface area contributed by atoms with E-state index < -0.39 is 36.5 Å². The zero-order valence-corrected chi connectivity index (χ0v) is 29.1. The molecule has 0 bridgehead atoms. The average molecular weight is 753 g/mol. The summed E-state index contributed by atoms with van der Waals surface area (Å²) in [6, 6.07) is 29.3. The normalized spacial score (nSPS) is 18.0. The van der Waals surface area contributed by atoms with Crippen LogP contribution < -0.4 is 10.6 Å². The Balaban J connectivity index is 0.000000172. The van der Waals surface area contributed by atoms with Crippen LogP contribution in [0.5, 0.6) is 0 Å². The van der Waals surface area contributed by atoms with Crippen molar-refractivity contribution >= 4 is 12.2 Å². The molecular formula is C44H28F4N4O4. The molecule has 8 rings (SSSR count). The van der Waals surface area contributed by atoms with E-state index in [2.05, 4.69) is 44.3 Å². The van der Waals surface area contributed by atoms with Crippen LogP contribution in [0.15, 0.2) is 134 Å². The fourth-order valence-electron chi connectivity index (χ4n) is 5.87. The Morgan fingerprint density at radius 3 is 1.12 bits per heavy atom. The average Bonchev–Trinajstić information content (AvgIpc) is 3.81. The Kier molecular flexibility index (Phi) is 11.0. The van der Waals surface area contributed by atoms with Gasteiger partial charge in [0.2, 0.25) is 0 Å². The fraction of sp³-hybridized carbons (Fsp3) is 0.0909. The largest absolute Gasteiger partial charge is 0.439 e. The SMILES string of the molecule is O=C1N[C@@H](c2cc(C#Cc3ccc(F)cc3)ccn2)[C@H](c2ccc(F)cc2)O1.O=C1N[C@H](c2cc(C#Cc3ccc(F)cc3)ccn2)[C@@H](c2ccc(F)cc2)O1. The molecule has 6 aromatic rings. The minimum absolute atomic E-state index is 0.319. The molecule has 276 valence electrons. The lowest BCUT2D eigenvalue weighted by molar-refractivity contribution is 0.131. The molecule has 2 aliphatic rings. The molecule has 2 saturated heterocycles. The smallest absolute Gasteiger partial charge is 0.408 e. The van der Waals surface area contributed by atoms with Crippen LogP contribution in [0.1, 0.15) is 69.1 Å². The van der Waals surface area contributed by atoms with Gasteiger partial charge in [-0.3, -0.25) is 9.97 Å². The molecule has 0 aliphatic carbocycles. The number of alkyl carbamates (subject to hydrolysis) is 2. The van der Waals surface area contributed by atoms with E-state index >= 15 is 0 Å². The summed E-state index contributed by atoms with van der Waals surface area (Å²) in [4.78, 5) is 32.3. The molecule has 4 heterocycles. The minimum Gasteiger partial charge on any atom is -0.439 e. The van der Waals surface area contributed by atoms with E-state index in [0.717, 1.165) is 0 Å². The Labute approximate surface area is 318 Å². The van der Waals surface area contributed by atoms with Crippen LogP contribution in [0.3, 0.4) is 0 Å². The van der Waals surface area contributed by atoms with Gasteiger partial charge in [0.15, 0.2) is 12.2 Å².